The highest BCUT2D eigenvalue weighted by atomic mass is 35.5. The van der Waals surface area contributed by atoms with Crippen molar-refractivity contribution in [1.29, 1.82) is 0 Å². The zero-order chi connectivity index (χ0) is 18.0. The lowest BCUT2D eigenvalue weighted by Gasteiger charge is -2.07. The second-order valence-corrected chi connectivity index (χ2v) is 8.72. The summed E-state index contributed by atoms with van der Waals surface area (Å²) < 4.78 is 32.3. The van der Waals surface area contributed by atoms with E-state index in [4.69, 9.17) is 27.6 Å². The second kappa shape index (κ2) is 7.31. The average molecular weight is 416 g/mol. The normalized spacial score (nSPS) is 11.6. The fourth-order valence-corrected chi connectivity index (χ4v) is 4.80. The molecule has 2 aromatic heterocycles. The maximum absolute atomic E-state index is 12.4. The zero-order valence-electron chi connectivity index (χ0n) is 12.5. The fourth-order valence-electron chi connectivity index (χ4n) is 2.05. The Hall–Kier alpha value is -1.64. The molecule has 3 aromatic rings. The van der Waals surface area contributed by atoms with Gasteiger partial charge in [-0.3, -0.25) is 4.79 Å². The summed E-state index contributed by atoms with van der Waals surface area (Å²) in [5.41, 5.74) is 0. The first-order valence-corrected chi connectivity index (χ1v) is 10.0. The van der Waals surface area contributed by atoms with Crippen LogP contribution in [0.3, 0.4) is 0 Å². The van der Waals surface area contributed by atoms with Crippen LogP contribution in [0.4, 0.5) is 0 Å². The highest BCUT2D eigenvalue weighted by Crippen LogP contribution is 2.26. The van der Waals surface area contributed by atoms with Gasteiger partial charge in [0.25, 0.3) is 0 Å². The van der Waals surface area contributed by atoms with E-state index in [-0.39, 0.29) is 33.0 Å². The van der Waals surface area contributed by atoms with E-state index < -0.39 is 10.0 Å². The molecule has 5 nitrogen and oxygen atoms in total. The maximum atomic E-state index is 12.4. The Bertz CT molecular complexity index is 1010. The van der Waals surface area contributed by atoms with Crippen LogP contribution in [0, 0.1) is 0 Å². The molecular weight excluding hydrogens is 405 g/mol. The number of nitrogens with one attached hydrogen (secondary N) is 1. The molecule has 0 aliphatic carbocycles. The zero-order valence-corrected chi connectivity index (χ0v) is 15.7. The van der Waals surface area contributed by atoms with Crippen LogP contribution in [-0.4, -0.2) is 14.2 Å². The van der Waals surface area contributed by atoms with E-state index in [1.165, 1.54) is 35.8 Å². The molecular formula is C16H11Cl2NO4S2. The third kappa shape index (κ3) is 4.13. The molecule has 0 fully saturated rings. The van der Waals surface area contributed by atoms with Gasteiger partial charge in [0.1, 0.15) is 4.90 Å². The molecule has 130 valence electrons. The summed E-state index contributed by atoms with van der Waals surface area (Å²) in [4.78, 5) is 13.2. The van der Waals surface area contributed by atoms with Crippen LogP contribution in [0.1, 0.15) is 20.3 Å². The number of halogens is 2. The van der Waals surface area contributed by atoms with E-state index in [0.29, 0.717) is 9.75 Å². The van der Waals surface area contributed by atoms with Gasteiger partial charge < -0.3 is 4.42 Å². The summed E-state index contributed by atoms with van der Waals surface area (Å²) in [6, 6.07) is 10.7. The molecule has 0 bridgehead atoms. The van der Waals surface area contributed by atoms with Crippen LogP contribution in [0.5, 0.6) is 0 Å². The van der Waals surface area contributed by atoms with Gasteiger partial charge in [-0.25, -0.2) is 13.1 Å². The van der Waals surface area contributed by atoms with Crippen molar-refractivity contribution in [2.75, 3.05) is 0 Å². The quantitative estimate of drug-likeness (QED) is 0.606. The summed E-state index contributed by atoms with van der Waals surface area (Å²) in [6.45, 7) is 0.0290. The molecule has 1 N–H and O–H groups in total. The second-order valence-electron chi connectivity index (χ2n) is 4.97. The summed E-state index contributed by atoms with van der Waals surface area (Å²) in [5, 5.41) is 0.351. The Labute approximate surface area is 158 Å². The topological polar surface area (TPSA) is 76.4 Å². The molecule has 0 saturated carbocycles. The van der Waals surface area contributed by atoms with E-state index in [1.54, 1.807) is 24.3 Å². The molecule has 3 rings (SSSR count). The van der Waals surface area contributed by atoms with Crippen LogP contribution in [0.2, 0.25) is 10.0 Å². The lowest BCUT2D eigenvalue weighted by atomic mass is 10.2. The third-order valence-electron chi connectivity index (χ3n) is 3.25. The van der Waals surface area contributed by atoms with Crippen molar-refractivity contribution in [3.63, 3.8) is 0 Å². The van der Waals surface area contributed by atoms with Crippen molar-refractivity contribution in [1.82, 2.24) is 4.72 Å². The minimum absolute atomic E-state index is 0.0290. The van der Waals surface area contributed by atoms with E-state index >= 15 is 0 Å². The molecule has 0 atom stereocenters. The standard InChI is InChI=1S/C16H11Cl2NO4S2/c17-10-3-5-12(18)15(8-10)25(21,22)19-9-11-4-6-14(24-11)16(20)13-2-1-7-23-13/h1-8,19H,9H2. The Morgan fingerprint density at radius 3 is 2.68 bits per heavy atom. The lowest BCUT2D eigenvalue weighted by Crippen LogP contribution is -2.23. The van der Waals surface area contributed by atoms with Crippen molar-refractivity contribution in [2.24, 2.45) is 0 Å². The van der Waals surface area contributed by atoms with Gasteiger partial charge in [0.2, 0.25) is 15.8 Å². The number of thiophene rings is 1. The number of sulfonamides is 1. The minimum atomic E-state index is -3.83. The molecule has 25 heavy (non-hydrogen) atoms. The lowest BCUT2D eigenvalue weighted by molar-refractivity contribution is 0.101. The Balaban J connectivity index is 1.74. The number of hydrogen-bond acceptors (Lipinski definition) is 5. The fraction of sp³-hybridized carbons (Fsp3) is 0.0625. The number of furan rings is 1. The maximum Gasteiger partial charge on any atom is 0.242 e. The van der Waals surface area contributed by atoms with Crippen molar-refractivity contribution in [3.05, 3.63) is 74.3 Å². The molecule has 2 heterocycles. The molecule has 0 unspecified atom stereocenters. The highest BCUT2D eigenvalue weighted by molar-refractivity contribution is 7.89. The number of benzene rings is 1. The van der Waals surface area contributed by atoms with Crippen LogP contribution < -0.4 is 4.72 Å². The number of carbonyl (C=O) groups excluding carboxylic acids is 1. The van der Waals surface area contributed by atoms with Crippen LogP contribution in [0.25, 0.3) is 0 Å². The molecule has 0 spiro atoms. The summed E-state index contributed by atoms with van der Waals surface area (Å²) in [5.74, 6) is -0.0123. The highest BCUT2D eigenvalue weighted by Gasteiger charge is 2.19. The van der Waals surface area contributed by atoms with E-state index in [0.717, 1.165) is 0 Å². The van der Waals surface area contributed by atoms with Crippen LogP contribution >= 0.6 is 34.5 Å². The molecule has 0 aliphatic heterocycles. The summed E-state index contributed by atoms with van der Waals surface area (Å²) in [7, 11) is -3.83. The Morgan fingerprint density at radius 1 is 1.16 bits per heavy atom. The van der Waals surface area contributed by atoms with Gasteiger partial charge in [-0.2, -0.15) is 0 Å². The van der Waals surface area contributed by atoms with Gasteiger partial charge in [0.15, 0.2) is 5.76 Å². The van der Waals surface area contributed by atoms with Crippen molar-refractivity contribution < 1.29 is 17.6 Å². The largest absolute Gasteiger partial charge is 0.461 e. The van der Waals surface area contributed by atoms with Crippen molar-refractivity contribution in [3.8, 4) is 0 Å². The summed E-state index contributed by atoms with van der Waals surface area (Å²) >= 11 is 13.0. The number of rotatable bonds is 6. The van der Waals surface area contributed by atoms with Gasteiger partial charge >= 0.3 is 0 Å². The van der Waals surface area contributed by atoms with E-state index in [9.17, 15) is 13.2 Å². The van der Waals surface area contributed by atoms with Crippen LogP contribution in [0.15, 0.2) is 58.0 Å². The predicted octanol–water partition coefficient (Wildman–Crippen LogP) is 4.36. The minimum Gasteiger partial charge on any atom is -0.461 e. The molecule has 1 aromatic carbocycles. The van der Waals surface area contributed by atoms with Gasteiger partial charge in [-0.05, 0) is 42.5 Å². The Kier molecular flexibility index (Phi) is 5.31. The van der Waals surface area contributed by atoms with Crippen molar-refractivity contribution in [2.45, 2.75) is 11.4 Å². The molecule has 0 amide bonds. The molecule has 0 saturated heterocycles. The smallest absolute Gasteiger partial charge is 0.242 e. The van der Waals surface area contributed by atoms with Gasteiger partial charge in [0, 0.05) is 16.4 Å². The number of ketones is 1. The van der Waals surface area contributed by atoms with Gasteiger partial charge in [0.05, 0.1) is 16.2 Å². The monoisotopic (exact) mass is 415 g/mol. The van der Waals surface area contributed by atoms with E-state index in [2.05, 4.69) is 4.72 Å². The Morgan fingerprint density at radius 2 is 1.96 bits per heavy atom. The predicted molar refractivity (Wildman–Crippen MR) is 96.9 cm³/mol. The first-order chi connectivity index (χ1) is 11.9. The van der Waals surface area contributed by atoms with Crippen molar-refractivity contribution >= 4 is 50.3 Å². The van der Waals surface area contributed by atoms with Crippen LogP contribution in [-0.2, 0) is 16.6 Å². The number of carbonyl (C=O) groups is 1. The molecule has 0 radical (unpaired) electrons. The van der Waals surface area contributed by atoms with Gasteiger partial charge in [-0.15, -0.1) is 11.3 Å². The van der Waals surface area contributed by atoms with E-state index in [1.807, 2.05) is 0 Å². The number of hydrogen-bond donors (Lipinski definition) is 1. The average Bonchev–Trinajstić information content (AvgIpc) is 3.26. The third-order valence-corrected chi connectivity index (χ3v) is 6.45. The summed E-state index contributed by atoms with van der Waals surface area (Å²) in [6.07, 6.45) is 1.42. The molecule has 9 heteroatoms. The molecule has 0 aliphatic rings. The first kappa shape index (κ1) is 18.2. The van der Waals surface area contributed by atoms with Gasteiger partial charge in [-0.1, -0.05) is 23.2 Å². The SMILES string of the molecule is O=C(c1ccco1)c1ccc(CNS(=O)(=O)c2cc(Cl)ccc2Cl)s1. The first-order valence-electron chi connectivity index (χ1n) is 6.98.